The highest BCUT2D eigenvalue weighted by Gasteiger charge is 2.24. The summed E-state index contributed by atoms with van der Waals surface area (Å²) in [5, 5.41) is 16.8. The molecule has 0 saturated carbocycles. The maximum Gasteiger partial charge on any atom is 0.408 e. The van der Waals surface area contributed by atoms with E-state index >= 15 is 0 Å². The van der Waals surface area contributed by atoms with E-state index in [1.807, 2.05) is 48.5 Å². The molecule has 3 amide bonds. The van der Waals surface area contributed by atoms with E-state index < -0.39 is 36.1 Å². The van der Waals surface area contributed by atoms with E-state index in [9.17, 15) is 24.3 Å². The summed E-state index contributed by atoms with van der Waals surface area (Å²) in [4.78, 5) is 47.5. The number of nitrogens with one attached hydrogen (secondary N) is 3. The zero-order valence-electron chi connectivity index (χ0n) is 19.6. The molecule has 2 atom stereocenters. The maximum absolute atomic E-state index is 12.3. The Morgan fingerprint density at radius 2 is 1.34 bits per heavy atom. The molecule has 0 unspecified atom stereocenters. The van der Waals surface area contributed by atoms with E-state index in [2.05, 4.69) is 16.0 Å². The summed E-state index contributed by atoms with van der Waals surface area (Å²) in [5.41, 5.74) is 1.67. The third-order valence-electron chi connectivity index (χ3n) is 4.96. The smallest absolute Gasteiger partial charge is 0.408 e. The topological polar surface area (TPSA) is 143 Å². The summed E-state index contributed by atoms with van der Waals surface area (Å²) in [6, 6.07) is 16.2. The Bertz CT molecular complexity index is 954. The van der Waals surface area contributed by atoms with Gasteiger partial charge in [-0.1, -0.05) is 60.7 Å². The number of alkyl carbamates (subject to hydrolysis) is 2. The van der Waals surface area contributed by atoms with Crippen molar-refractivity contribution in [3.8, 4) is 0 Å². The molecule has 188 valence electrons. The Balaban J connectivity index is 1.63. The molecule has 0 fully saturated rings. The number of carbonyl (C=O) groups is 4. The lowest BCUT2D eigenvalue weighted by Crippen LogP contribution is -2.50. The predicted octanol–water partition coefficient (Wildman–Crippen LogP) is 2.97. The number of ether oxygens (including phenoxy) is 2. The fraction of sp³-hybridized carbons (Fsp3) is 0.360. The van der Waals surface area contributed by atoms with Crippen molar-refractivity contribution in [2.45, 2.75) is 51.5 Å². The van der Waals surface area contributed by atoms with Gasteiger partial charge in [-0.2, -0.15) is 0 Å². The lowest BCUT2D eigenvalue weighted by Gasteiger charge is -2.18. The van der Waals surface area contributed by atoms with Gasteiger partial charge in [-0.3, -0.25) is 4.79 Å². The third-order valence-corrected chi connectivity index (χ3v) is 4.96. The summed E-state index contributed by atoms with van der Waals surface area (Å²) in [5.74, 6) is -1.83. The minimum Gasteiger partial charge on any atom is -0.480 e. The monoisotopic (exact) mass is 485 g/mol. The lowest BCUT2D eigenvalue weighted by atomic mass is 10.1. The van der Waals surface area contributed by atoms with Crippen LogP contribution in [0.5, 0.6) is 0 Å². The fourth-order valence-electron chi connectivity index (χ4n) is 3.00. The van der Waals surface area contributed by atoms with Crippen molar-refractivity contribution in [2.75, 3.05) is 6.54 Å². The van der Waals surface area contributed by atoms with Crippen LogP contribution in [0.2, 0.25) is 0 Å². The second kappa shape index (κ2) is 14.9. The quantitative estimate of drug-likeness (QED) is 0.319. The second-order valence-corrected chi connectivity index (χ2v) is 7.81. The average Bonchev–Trinajstić information content (AvgIpc) is 2.86. The summed E-state index contributed by atoms with van der Waals surface area (Å²) < 4.78 is 10.2. The number of benzene rings is 2. The number of amides is 3. The van der Waals surface area contributed by atoms with Gasteiger partial charge in [0.2, 0.25) is 5.91 Å². The molecule has 0 saturated heterocycles. The van der Waals surface area contributed by atoms with E-state index in [-0.39, 0.29) is 19.6 Å². The van der Waals surface area contributed by atoms with Gasteiger partial charge in [0.25, 0.3) is 0 Å². The molecule has 35 heavy (non-hydrogen) atoms. The number of carboxylic acid groups (broad SMARTS) is 1. The number of hydrogen-bond donors (Lipinski definition) is 4. The number of unbranched alkanes of at least 4 members (excludes halogenated alkanes) is 1. The van der Waals surface area contributed by atoms with Crippen molar-refractivity contribution < 1.29 is 33.8 Å². The minimum atomic E-state index is -1.19. The standard InChI is InChI=1S/C25H31N3O7/c1-18(27-25(33)35-17-20-12-6-3-7-13-20)22(29)28-21(23(30)31)14-8-9-15-26-24(32)34-16-19-10-4-2-5-11-19/h2-7,10-13,18,21H,8-9,14-17H2,1H3,(H,26,32)(H,27,33)(H,28,29)(H,30,31)/t18-,21-/m1/s1. The van der Waals surface area contributed by atoms with Crippen LogP contribution in [0, 0.1) is 0 Å². The van der Waals surface area contributed by atoms with Crippen LogP contribution in [0.4, 0.5) is 9.59 Å². The molecule has 0 aliphatic rings. The molecule has 10 heteroatoms. The molecule has 0 aromatic heterocycles. The molecule has 0 aliphatic heterocycles. The number of carbonyl (C=O) groups excluding carboxylic acids is 3. The second-order valence-electron chi connectivity index (χ2n) is 7.81. The Morgan fingerprint density at radius 3 is 1.89 bits per heavy atom. The Hall–Kier alpha value is -4.08. The molecule has 2 aromatic rings. The van der Waals surface area contributed by atoms with Crippen molar-refractivity contribution in [1.82, 2.24) is 16.0 Å². The molecule has 0 aliphatic carbocycles. The highest BCUT2D eigenvalue weighted by atomic mass is 16.6. The number of rotatable bonds is 13. The number of aliphatic carboxylic acids is 1. The van der Waals surface area contributed by atoms with Gasteiger partial charge < -0.3 is 30.5 Å². The molecule has 0 bridgehead atoms. The largest absolute Gasteiger partial charge is 0.480 e. The van der Waals surface area contributed by atoms with Gasteiger partial charge in [0.05, 0.1) is 0 Å². The van der Waals surface area contributed by atoms with E-state index in [4.69, 9.17) is 9.47 Å². The minimum absolute atomic E-state index is 0.0482. The van der Waals surface area contributed by atoms with Gasteiger partial charge >= 0.3 is 18.2 Å². The first-order valence-electron chi connectivity index (χ1n) is 11.3. The van der Waals surface area contributed by atoms with Crippen LogP contribution in [0.15, 0.2) is 60.7 Å². The van der Waals surface area contributed by atoms with Crippen LogP contribution in [-0.2, 0) is 32.3 Å². The van der Waals surface area contributed by atoms with Gasteiger partial charge in [-0.05, 0) is 37.3 Å². The molecule has 2 rings (SSSR count). The van der Waals surface area contributed by atoms with Crippen LogP contribution >= 0.6 is 0 Å². The zero-order chi connectivity index (χ0) is 25.5. The van der Waals surface area contributed by atoms with Gasteiger partial charge in [-0.15, -0.1) is 0 Å². The van der Waals surface area contributed by atoms with Crippen molar-refractivity contribution in [2.24, 2.45) is 0 Å². The molecule has 0 spiro atoms. The average molecular weight is 486 g/mol. The van der Waals surface area contributed by atoms with E-state index in [1.54, 1.807) is 12.1 Å². The Morgan fingerprint density at radius 1 is 0.800 bits per heavy atom. The van der Waals surface area contributed by atoms with Crippen LogP contribution in [-0.4, -0.2) is 47.8 Å². The van der Waals surface area contributed by atoms with Gasteiger partial charge in [0, 0.05) is 6.54 Å². The van der Waals surface area contributed by atoms with E-state index in [0.29, 0.717) is 19.4 Å². The Labute approximate surface area is 204 Å². The third kappa shape index (κ3) is 11.1. The maximum atomic E-state index is 12.3. The van der Waals surface area contributed by atoms with Crippen LogP contribution in [0.1, 0.15) is 37.3 Å². The molecule has 2 aromatic carbocycles. The van der Waals surface area contributed by atoms with Crippen molar-refractivity contribution in [1.29, 1.82) is 0 Å². The van der Waals surface area contributed by atoms with Crippen molar-refractivity contribution >= 4 is 24.1 Å². The van der Waals surface area contributed by atoms with Crippen molar-refractivity contribution in [3.63, 3.8) is 0 Å². The first-order chi connectivity index (χ1) is 16.8. The normalized spacial score (nSPS) is 12.0. The molecular weight excluding hydrogens is 454 g/mol. The van der Waals surface area contributed by atoms with Gasteiger partial charge in [-0.25, -0.2) is 14.4 Å². The van der Waals surface area contributed by atoms with E-state index in [0.717, 1.165) is 11.1 Å². The summed E-state index contributed by atoms with van der Waals surface area (Å²) in [6.07, 6.45) is -0.242. The number of hydrogen-bond acceptors (Lipinski definition) is 6. The highest BCUT2D eigenvalue weighted by molar-refractivity contribution is 5.88. The fourth-order valence-corrected chi connectivity index (χ4v) is 3.00. The first kappa shape index (κ1) is 27.2. The van der Waals surface area contributed by atoms with Crippen LogP contribution < -0.4 is 16.0 Å². The summed E-state index contributed by atoms with van der Waals surface area (Å²) in [6.45, 7) is 1.94. The molecule has 10 nitrogen and oxygen atoms in total. The van der Waals surface area contributed by atoms with E-state index in [1.165, 1.54) is 6.92 Å². The first-order valence-corrected chi connectivity index (χ1v) is 11.3. The SMILES string of the molecule is C[C@@H](NC(=O)OCc1ccccc1)C(=O)N[C@H](CCCCNC(=O)OCc1ccccc1)C(=O)O. The van der Waals surface area contributed by atoms with Crippen LogP contribution in [0.25, 0.3) is 0 Å². The van der Waals surface area contributed by atoms with Gasteiger partial charge in [0.1, 0.15) is 25.3 Å². The Kier molecular flexibility index (Phi) is 11.6. The molecule has 4 N–H and O–H groups in total. The summed E-state index contributed by atoms with van der Waals surface area (Å²) in [7, 11) is 0. The molecule has 0 radical (unpaired) electrons. The molecular formula is C25H31N3O7. The highest BCUT2D eigenvalue weighted by Crippen LogP contribution is 2.04. The van der Waals surface area contributed by atoms with Crippen LogP contribution in [0.3, 0.4) is 0 Å². The summed E-state index contributed by atoms with van der Waals surface area (Å²) >= 11 is 0. The number of carboxylic acids is 1. The van der Waals surface area contributed by atoms with Crippen molar-refractivity contribution in [3.05, 3.63) is 71.8 Å². The lowest BCUT2D eigenvalue weighted by molar-refractivity contribution is -0.142. The molecule has 0 heterocycles. The zero-order valence-corrected chi connectivity index (χ0v) is 19.6. The predicted molar refractivity (Wildman–Crippen MR) is 127 cm³/mol. The van der Waals surface area contributed by atoms with Gasteiger partial charge in [0.15, 0.2) is 0 Å².